The molecule has 3 N–H and O–H groups in total. The van der Waals surface area contributed by atoms with E-state index in [0.29, 0.717) is 18.0 Å². The van der Waals surface area contributed by atoms with E-state index in [1.807, 2.05) is 32.9 Å². The molecule has 0 aliphatic heterocycles. The number of urea groups is 1. The summed E-state index contributed by atoms with van der Waals surface area (Å²) in [5.74, 6) is 0.649. The van der Waals surface area contributed by atoms with Crippen molar-refractivity contribution in [3.05, 3.63) is 24.3 Å². The Morgan fingerprint density at radius 3 is 2.68 bits per heavy atom. The molecule has 5 nitrogen and oxygen atoms in total. The van der Waals surface area contributed by atoms with Crippen LogP contribution < -0.4 is 15.4 Å². The van der Waals surface area contributed by atoms with E-state index < -0.39 is 0 Å². The van der Waals surface area contributed by atoms with Gasteiger partial charge < -0.3 is 20.5 Å². The summed E-state index contributed by atoms with van der Waals surface area (Å²) in [4.78, 5) is 11.8. The maximum Gasteiger partial charge on any atom is 0.319 e. The third kappa shape index (κ3) is 4.79. The molecule has 0 aromatic heterocycles. The fraction of sp³-hybridized carbons (Fsp3) is 0.500. The average Bonchev–Trinajstić information content (AvgIpc) is 2.40. The molecule has 19 heavy (non-hydrogen) atoms. The van der Waals surface area contributed by atoms with Crippen LogP contribution in [0, 0.1) is 5.92 Å². The third-order valence-electron chi connectivity index (χ3n) is 2.94. The second-order valence-electron chi connectivity index (χ2n) is 4.48. The van der Waals surface area contributed by atoms with Gasteiger partial charge in [-0.15, -0.1) is 0 Å². The second-order valence-corrected chi connectivity index (χ2v) is 4.48. The monoisotopic (exact) mass is 266 g/mol. The minimum absolute atomic E-state index is 0.00730. The average molecular weight is 266 g/mol. The van der Waals surface area contributed by atoms with Crippen LogP contribution in [0.4, 0.5) is 10.5 Å². The normalized spacial score (nSPS) is 13.5. The van der Waals surface area contributed by atoms with E-state index in [-0.39, 0.29) is 24.6 Å². The van der Waals surface area contributed by atoms with E-state index in [9.17, 15) is 4.79 Å². The molecule has 0 spiro atoms. The molecule has 0 radical (unpaired) electrons. The number of nitrogens with one attached hydrogen (secondary N) is 2. The van der Waals surface area contributed by atoms with Crippen molar-refractivity contribution < 1.29 is 14.6 Å². The van der Waals surface area contributed by atoms with Crippen molar-refractivity contribution in [2.75, 3.05) is 18.5 Å². The quantitative estimate of drug-likeness (QED) is 0.739. The van der Waals surface area contributed by atoms with Gasteiger partial charge in [0.2, 0.25) is 0 Å². The predicted molar refractivity (Wildman–Crippen MR) is 75.5 cm³/mol. The summed E-state index contributed by atoms with van der Waals surface area (Å²) >= 11 is 0. The van der Waals surface area contributed by atoms with Gasteiger partial charge in [0.25, 0.3) is 0 Å². The highest BCUT2D eigenvalue weighted by molar-refractivity contribution is 5.91. The first-order valence-corrected chi connectivity index (χ1v) is 6.48. The molecule has 2 amide bonds. The molecule has 1 aromatic rings. The van der Waals surface area contributed by atoms with Gasteiger partial charge in [-0.1, -0.05) is 19.1 Å². The van der Waals surface area contributed by atoms with Crippen molar-refractivity contribution in [1.82, 2.24) is 5.32 Å². The highest BCUT2D eigenvalue weighted by Gasteiger charge is 2.14. The molecule has 2 atom stereocenters. The highest BCUT2D eigenvalue weighted by atomic mass is 16.5. The van der Waals surface area contributed by atoms with Crippen LogP contribution >= 0.6 is 0 Å². The number of rotatable bonds is 6. The van der Waals surface area contributed by atoms with Crippen LogP contribution in [0.15, 0.2) is 24.3 Å². The number of amides is 2. The lowest BCUT2D eigenvalue weighted by molar-refractivity contribution is 0.204. The van der Waals surface area contributed by atoms with Gasteiger partial charge in [-0.2, -0.15) is 0 Å². The standard InChI is InChI=1S/C14H22N2O3/c1-4-19-13-8-6-5-7-12(13)16-14(18)15-11(3)10(2)9-17/h5-8,10-11,17H,4,9H2,1-3H3,(H2,15,16,18). The Labute approximate surface area is 114 Å². The Hall–Kier alpha value is -1.75. The molecule has 106 valence electrons. The van der Waals surface area contributed by atoms with Crippen LogP contribution in [0.5, 0.6) is 5.75 Å². The van der Waals surface area contributed by atoms with Crippen molar-refractivity contribution in [2.45, 2.75) is 26.8 Å². The zero-order valence-electron chi connectivity index (χ0n) is 11.6. The Kier molecular flexibility index (Phi) is 6.15. The lowest BCUT2D eigenvalue weighted by Gasteiger charge is -2.20. The van der Waals surface area contributed by atoms with E-state index in [1.165, 1.54) is 0 Å². The Balaban J connectivity index is 2.61. The first-order chi connectivity index (χ1) is 9.08. The topological polar surface area (TPSA) is 70.6 Å². The van der Waals surface area contributed by atoms with Gasteiger partial charge in [0, 0.05) is 12.6 Å². The van der Waals surface area contributed by atoms with Crippen LogP contribution in [0.1, 0.15) is 20.8 Å². The van der Waals surface area contributed by atoms with E-state index in [2.05, 4.69) is 10.6 Å². The lowest BCUT2D eigenvalue weighted by Crippen LogP contribution is -2.40. The minimum Gasteiger partial charge on any atom is -0.492 e. The number of carbonyl (C=O) groups excluding carboxylic acids is 1. The van der Waals surface area contributed by atoms with Gasteiger partial charge in [0.1, 0.15) is 5.75 Å². The highest BCUT2D eigenvalue weighted by Crippen LogP contribution is 2.23. The first-order valence-electron chi connectivity index (χ1n) is 6.48. The van der Waals surface area contributed by atoms with E-state index in [0.717, 1.165) is 0 Å². The Bertz CT molecular complexity index is 409. The number of benzene rings is 1. The summed E-state index contributed by atoms with van der Waals surface area (Å²) in [5, 5.41) is 14.6. The van der Waals surface area contributed by atoms with Gasteiger partial charge in [-0.05, 0) is 31.9 Å². The Morgan fingerprint density at radius 2 is 2.05 bits per heavy atom. The number of anilines is 1. The second kappa shape index (κ2) is 7.63. The molecular weight excluding hydrogens is 244 g/mol. The van der Waals surface area contributed by atoms with Gasteiger partial charge in [-0.3, -0.25) is 0 Å². The van der Waals surface area contributed by atoms with Gasteiger partial charge in [0.15, 0.2) is 0 Å². The van der Waals surface area contributed by atoms with E-state index in [4.69, 9.17) is 9.84 Å². The maximum atomic E-state index is 11.8. The van der Waals surface area contributed by atoms with Crippen LogP contribution in [0.3, 0.4) is 0 Å². The van der Waals surface area contributed by atoms with E-state index in [1.54, 1.807) is 12.1 Å². The molecule has 5 heteroatoms. The molecule has 0 fully saturated rings. The lowest BCUT2D eigenvalue weighted by atomic mass is 10.1. The number of carbonyl (C=O) groups is 1. The first kappa shape index (κ1) is 15.3. The fourth-order valence-electron chi connectivity index (χ4n) is 1.52. The summed E-state index contributed by atoms with van der Waals surface area (Å²) in [7, 11) is 0. The fourth-order valence-corrected chi connectivity index (χ4v) is 1.52. The smallest absolute Gasteiger partial charge is 0.319 e. The number of aliphatic hydroxyl groups is 1. The van der Waals surface area contributed by atoms with Crippen LogP contribution in [0.2, 0.25) is 0 Å². The number of ether oxygens (including phenoxy) is 1. The van der Waals surface area contributed by atoms with Crippen LogP contribution in [0.25, 0.3) is 0 Å². The summed E-state index contributed by atoms with van der Waals surface area (Å²) in [6.07, 6.45) is 0. The molecule has 0 aliphatic rings. The van der Waals surface area contributed by atoms with Crippen LogP contribution in [-0.2, 0) is 0 Å². The summed E-state index contributed by atoms with van der Waals surface area (Å²) in [5.41, 5.74) is 0.630. The number of para-hydroxylation sites is 2. The van der Waals surface area contributed by atoms with Gasteiger partial charge in [0.05, 0.1) is 12.3 Å². The molecule has 1 rings (SSSR count). The van der Waals surface area contributed by atoms with Crippen molar-refractivity contribution in [3.8, 4) is 5.75 Å². The SMILES string of the molecule is CCOc1ccccc1NC(=O)NC(C)C(C)CO. The molecule has 1 aromatic carbocycles. The van der Waals surface area contributed by atoms with Crippen molar-refractivity contribution in [3.63, 3.8) is 0 Å². The molecule has 2 unspecified atom stereocenters. The summed E-state index contributed by atoms with van der Waals surface area (Å²) in [6.45, 7) is 6.20. The van der Waals surface area contributed by atoms with E-state index >= 15 is 0 Å². The van der Waals surface area contributed by atoms with Crippen molar-refractivity contribution >= 4 is 11.7 Å². The minimum atomic E-state index is -0.306. The number of hydrogen-bond acceptors (Lipinski definition) is 3. The third-order valence-corrected chi connectivity index (χ3v) is 2.94. The Morgan fingerprint density at radius 1 is 1.37 bits per heavy atom. The van der Waals surface area contributed by atoms with Crippen molar-refractivity contribution in [2.24, 2.45) is 5.92 Å². The molecular formula is C14H22N2O3. The number of hydrogen-bond donors (Lipinski definition) is 3. The maximum absolute atomic E-state index is 11.8. The molecule has 0 bridgehead atoms. The predicted octanol–water partition coefficient (Wildman–Crippen LogP) is 2.22. The molecule has 0 saturated heterocycles. The zero-order valence-corrected chi connectivity index (χ0v) is 11.6. The molecule has 0 aliphatic carbocycles. The van der Waals surface area contributed by atoms with Crippen molar-refractivity contribution in [1.29, 1.82) is 0 Å². The summed E-state index contributed by atoms with van der Waals surface area (Å²) in [6, 6.07) is 6.86. The van der Waals surface area contributed by atoms with Gasteiger partial charge in [-0.25, -0.2) is 4.79 Å². The largest absolute Gasteiger partial charge is 0.492 e. The number of aliphatic hydroxyl groups excluding tert-OH is 1. The van der Waals surface area contributed by atoms with Gasteiger partial charge >= 0.3 is 6.03 Å². The zero-order chi connectivity index (χ0) is 14.3. The van der Waals surface area contributed by atoms with Crippen LogP contribution in [-0.4, -0.2) is 30.4 Å². The summed E-state index contributed by atoms with van der Waals surface area (Å²) < 4.78 is 5.43. The molecule has 0 saturated carbocycles. The molecule has 0 heterocycles.